The predicted molar refractivity (Wildman–Crippen MR) is 86.3 cm³/mol. The van der Waals surface area contributed by atoms with Gasteiger partial charge in [0.25, 0.3) is 5.69 Å². The molecule has 1 aliphatic heterocycles. The van der Waals surface area contributed by atoms with Gasteiger partial charge in [-0.25, -0.2) is 0 Å². The Balaban J connectivity index is 2.16. The predicted octanol–water partition coefficient (Wildman–Crippen LogP) is 3.61. The lowest BCUT2D eigenvalue weighted by Crippen LogP contribution is -2.38. The van der Waals surface area contributed by atoms with Gasteiger partial charge in [-0.1, -0.05) is 24.9 Å². The quantitative estimate of drug-likeness (QED) is 0.617. The molecule has 2 rings (SSSR count). The molecule has 6 heteroatoms. The Hall–Kier alpha value is -1.33. The van der Waals surface area contributed by atoms with Gasteiger partial charge in [0.05, 0.1) is 15.6 Å². The van der Waals surface area contributed by atoms with E-state index >= 15 is 0 Å². The van der Waals surface area contributed by atoms with E-state index in [1.54, 1.807) is 6.07 Å². The van der Waals surface area contributed by atoms with Crippen LogP contribution in [0, 0.1) is 10.1 Å². The Bertz CT molecular complexity index is 490. The van der Waals surface area contributed by atoms with E-state index in [0.717, 1.165) is 38.2 Å². The first-order valence-electron chi connectivity index (χ1n) is 7.54. The van der Waals surface area contributed by atoms with E-state index in [-0.39, 0.29) is 5.69 Å². The molecule has 0 saturated carbocycles. The van der Waals surface area contributed by atoms with Crippen LogP contribution in [-0.4, -0.2) is 30.6 Å². The van der Waals surface area contributed by atoms with Crippen molar-refractivity contribution in [1.29, 1.82) is 0 Å². The zero-order valence-electron chi connectivity index (χ0n) is 12.3. The van der Waals surface area contributed by atoms with E-state index in [1.807, 2.05) is 0 Å². The van der Waals surface area contributed by atoms with E-state index in [4.69, 9.17) is 11.6 Å². The van der Waals surface area contributed by atoms with Crippen LogP contribution in [0.4, 0.5) is 11.4 Å². The van der Waals surface area contributed by atoms with Crippen LogP contribution in [0.2, 0.25) is 5.02 Å². The molecule has 0 aliphatic carbocycles. The molecule has 0 aromatic heterocycles. The monoisotopic (exact) mass is 311 g/mol. The average Bonchev–Trinajstić information content (AvgIpc) is 2.96. The van der Waals surface area contributed by atoms with Crippen molar-refractivity contribution in [2.45, 2.75) is 38.6 Å². The van der Waals surface area contributed by atoms with Crippen LogP contribution in [0.5, 0.6) is 0 Å². The number of hydrogen-bond donors (Lipinski definition) is 1. The summed E-state index contributed by atoms with van der Waals surface area (Å²) < 4.78 is 0. The molecular formula is C15H22ClN3O2. The number of nitro groups is 1. The second-order valence-corrected chi connectivity index (χ2v) is 5.89. The molecule has 116 valence electrons. The molecule has 1 saturated heterocycles. The number of nitrogens with one attached hydrogen (secondary N) is 1. The largest absolute Gasteiger partial charge is 0.369 e. The van der Waals surface area contributed by atoms with E-state index < -0.39 is 4.92 Å². The first-order valence-corrected chi connectivity index (χ1v) is 7.92. The van der Waals surface area contributed by atoms with Crippen molar-refractivity contribution in [2.24, 2.45) is 0 Å². The number of hydrogen-bond acceptors (Lipinski definition) is 4. The van der Waals surface area contributed by atoms with Crippen LogP contribution in [0.25, 0.3) is 0 Å². The number of nitrogens with zero attached hydrogens (tertiary/aromatic N) is 2. The van der Waals surface area contributed by atoms with Gasteiger partial charge in [-0.05, 0) is 31.9 Å². The zero-order chi connectivity index (χ0) is 15.2. The third-order valence-electron chi connectivity index (χ3n) is 3.87. The molecule has 1 atom stereocenters. The Kier molecular flexibility index (Phi) is 5.82. The Morgan fingerprint density at radius 2 is 2.33 bits per heavy atom. The maximum atomic E-state index is 10.8. The summed E-state index contributed by atoms with van der Waals surface area (Å²) in [7, 11) is 0. The van der Waals surface area contributed by atoms with Gasteiger partial charge in [-0.2, -0.15) is 0 Å². The number of unbranched alkanes of at least 4 members (excludes halogenated alkanes) is 1. The lowest BCUT2D eigenvalue weighted by molar-refractivity contribution is -0.384. The highest BCUT2D eigenvalue weighted by molar-refractivity contribution is 6.33. The van der Waals surface area contributed by atoms with Crippen molar-refractivity contribution in [1.82, 2.24) is 5.32 Å². The maximum absolute atomic E-state index is 10.8. The van der Waals surface area contributed by atoms with Gasteiger partial charge >= 0.3 is 0 Å². The van der Waals surface area contributed by atoms with Crippen LogP contribution in [0.1, 0.15) is 32.6 Å². The summed E-state index contributed by atoms with van der Waals surface area (Å²) in [5, 5.41) is 14.8. The van der Waals surface area contributed by atoms with Gasteiger partial charge in [0.2, 0.25) is 0 Å². The van der Waals surface area contributed by atoms with Gasteiger partial charge in [0, 0.05) is 31.3 Å². The Morgan fingerprint density at radius 1 is 1.52 bits per heavy atom. The summed E-state index contributed by atoms with van der Waals surface area (Å²) in [4.78, 5) is 12.6. The first kappa shape index (κ1) is 16.0. The van der Waals surface area contributed by atoms with Crippen molar-refractivity contribution in [3.8, 4) is 0 Å². The molecule has 0 spiro atoms. The lowest BCUT2D eigenvalue weighted by atomic mass is 10.1. The molecule has 1 N–H and O–H groups in total. The third kappa shape index (κ3) is 4.32. The molecule has 21 heavy (non-hydrogen) atoms. The average molecular weight is 312 g/mol. The summed E-state index contributed by atoms with van der Waals surface area (Å²) in [6.45, 7) is 5.05. The second kappa shape index (κ2) is 7.61. The highest BCUT2D eigenvalue weighted by Crippen LogP contribution is 2.30. The van der Waals surface area contributed by atoms with Gasteiger partial charge in [-0.3, -0.25) is 10.1 Å². The molecule has 0 amide bonds. The number of nitro benzene ring substituents is 1. The summed E-state index contributed by atoms with van der Waals surface area (Å²) in [6.07, 6.45) is 4.58. The number of halogens is 1. The van der Waals surface area contributed by atoms with E-state index in [0.29, 0.717) is 11.1 Å². The molecular weight excluding hydrogens is 290 g/mol. The van der Waals surface area contributed by atoms with Gasteiger partial charge in [0.1, 0.15) is 0 Å². The van der Waals surface area contributed by atoms with Crippen LogP contribution >= 0.6 is 11.6 Å². The minimum absolute atomic E-state index is 0.0400. The number of non-ortho nitro benzene ring substituents is 1. The summed E-state index contributed by atoms with van der Waals surface area (Å²) >= 11 is 6.27. The summed E-state index contributed by atoms with van der Waals surface area (Å²) in [6, 6.07) is 5.22. The maximum Gasteiger partial charge on any atom is 0.271 e. The standard InChI is InChI=1S/C15H22ClN3O2/c1-2-3-9-18(11-12-5-4-8-17-12)15-7-6-13(19(20)21)10-14(15)16/h6-7,10,12,17H,2-5,8-9,11H2,1H3. The zero-order valence-corrected chi connectivity index (χ0v) is 13.1. The number of benzene rings is 1. The Morgan fingerprint density at radius 3 is 2.90 bits per heavy atom. The highest BCUT2D eigenvalue weighted by atomic mass is 35.5. The molecule has 1 aromatic carbocycles. The molecule has 0 radical (unpaired) electrons. The van der Waals surface area contributed by atoms with Crippen molar-refractivity contribution in [3.63, 3.8) is 0 Å². The molecule has 0 bridgehead atoms. The van der Waals surface area contributed by atoms with Crippen LogP contribution < -0.4 is 10.2 Å². The second-order valence-electron chi connectivity index (χ2n) is 5.49. The van der Waals surface area contributed by atoms with Crippen molar-refractivity contribution >= 4 is 23.0 Å². The van der Waals surface area contributed by atoms with Gasteiger partial charge in [-0.15, -0.1) is 0 Å². The fourth-order valence-corrected chi connectivity index (χ4v) is 3.00. The summed E-state index contributed by atoms with van der Waals surface area (Å²) in [5.74, 6) is 0. The molecule has 1 aromatic rings. The van der Waals surface area contributed by atoms with Crippen molar-refractivity contribution < 1.29 is 4.92 Å². The smallest absolute Gasteiger partial charge is 0.271 e. The lowest BCUT2D eigenvalue weighted by Gasteiger charge is -2.28. The van der Waals surface area contributed by atoms with E-state index in [9.17, 15) is 10.1 Å². The molecule has 5 nitrogen and oxygen atoms in total. The normalized spacial score (nSPS) is 17.9. The SMILES string of the molecule is CCCCN(CC1CCCN1)c1ccc([N+](=O)[O-])cc1Cl. The third-order valence-corrected chi connectivity index (χ3v) is 4.17. The van der Waals surface area contributed by atoms with Crippen molar-refractivity contribution in [3.05, 3.63) is 33.3 Å². The van der Waals surface area contributed by atoms with Crippen molar-refractivity contribution in [2.75, 3.05) is 24.5 Å². The fraction of sp³-hybridized carbons (Fsp3) is 0.600. The minimum Gasteiger partial charge on any atom is -0.369 e. The van der Waals surface area contributed by atoms with Crippen LogP contribution in [0.3, 0.4) is 0 Å². The summed E-state index contributed by atoms with van der Waals surface area (Å²) in [5.41, 5.74) is 0.933. The van der Waals surface area contributed by atoms with Gasteiger partial charge in [0.15, 0.2) is 0 Å². The van der Waals surface area contributed by atoms with E-state index in [1.165, 1.54) is 25.0 Å². The molecule has 1 aliphatic rings. The van der Waals surface area contributed by atoms with Crippen LogP contribution in [0.15, 0.2) is 18.2 Å². The van der Waals surface area contributed by atoms with Crippen LogP contribution in [-0.2, 0) is 0 Å². The first-order chi connectivity index (χ1) is 10.1. The number of anilines is 1. The fourth-order valence-electron chi connectivity index (χ4n) is 2.70. The topological polar surface area (TPSA) is 58.4 Å². The number of rotatable bonds is 7. The molecule has 1 unspecified atom stereocenters. The minimum atomic E-state index is -0.412. The molecule has 1 heterocycles. The van der Waals surface area contributed by atoms with E-state index in [2.05, 4.69) is 17.1 Å². The molecule has 1 fully saturated rings. The highest BCUT2D eigenvalue weighted by Gasteiger charge is 2.20. The van der Waals surface area contributed by atoms with Gasteiger partial charge < -0.3 is 10.2 Å². The Labute approximate surface area is 130 Å².